The Morgan fingerprint density at radius 3 is 2.82 bits per heavy atom. The molecular formula is C8H11N3. The summed E-state index contributed by atoms with van der Waals surface area (Å²) in [5.41, 5.74) is 1.23. The Bertz CT molecular complexity index is 241. The molecule has 58 valence electrons. The van der Waals surface area contributed by atoms with Crippen LogP contribution in [0.25, 0.3) is 0 Å². The zero-order valence-electron chi connectivity index (χ0n) is 6.54. The van der Waals surface area contributed by atoms with Crippen molar-refractivity contribution in [2.24, 2.45) is 0 Å². The second-order valence-corrected chi connectivity index (χ2v) is 2.94. The van der Waals surface area contributed by atoms with Crippen LogP contribution in [0.1, 0.15) is 18.5 Å². The van der Waals surface area contributed by atoms with Crippen LogP contribution in [-0.4, -0.2) is 17.2 Å². The van der Waals surface area contributed by atoms with Gasteiger partial charge in [-0.15, -0.1) is 0 Å². The molecule has 2 rings (SSSR count). The Balaban J connectivity index is 2.30. The van der Waals surface area contributed by atoms with Gasteiger partial charge in [0.2, 0.25) is 0 Å². The van der Waals surface area contributed by atoms with Crippen LogP contribution in [0.2, 0.25) is 0 Å². The molecule has 1 aliphatic carbocycles. The lowest BCUT2D eigenvalue weighted by atomic mass is 10.2. The maximum atomic E-state index is 4.07. The summed E-state index contributed by atoms with van der Waals surface area (Å²) in [5.74, 6) is 0. The van der Waals surface area contributed by atoms with E-state index in [9.17, 15) is 0 Å². The molecule has 0 radical (unpaired) electrons. The summed E-state index contributed by atoms with van der Waals surface area (Å²) in [7, 11) is 1.97. The molecule has 0 amide bonds. The fourth-order valence-corrected chi connectivity index (χ4v) is 1.32. The number of hydrogen-bond acceptors (Lipinski definition) is 3. The van der Waals surface area contributed by atoms with Crippen molar-refractivity contribution >= 4 is 0 Å². The Hall–Kier alpha value is -0.960. The average Bonchev–Trinajstić information content (AvgIpc) is 2.86. The normalized spacial score (nSPS) is 19.7. The van der Waals surface area contributed by atoms with Crippen LogP contribution in [0.3, 0.4) is 0 Å². The molecule has 0 bridgehead atoms. The molecule has 3 nitrogen and oxygen atoms in total. The highest BCUT2D eigenvalue weighted by molar-refractivity contribution is 5.20. The highest BCUT2D eigenvalue weighted by Gasteiger charge is 2.44. The van der Waals surface area contributed by atoms with Crippen molar-refractivity contribution < 1.29 is 0 Å². The molecule has 0 atom stereocenters. The molecule has 1 aromatic rings. The van der Waals surface area contributed by atoms with Crippen LogP contribution in [-0.2, 0) is 5.54 Å². The van der Waals surface area contributed by atoms with E-state index < -0.39 is 0 Å². The maximum Gasteiger partial charge on any atom is 0.0831 e. The molecule has 0 aromatic carbocycles. The van der Waals surface area contributed by atoms with Gasteiger partial charge < -0.3 is 5.32 Å². The van der Waals surface area contributed by atoms with Gasteiger partial charge in [-0.1, -0.05) is 0 Å². The van der Waals surface area contributed by atoms with Crippen LogP contribution < -0.4 is 5.32 Å². The van der Waals surface area contributed by atoms with Crippen molar-refractivity contribution in [1.82, 2.24) is 15.5 Å². The van der Waals surface area contributed by atoms with Crippen LogP contribution in [0.4, 0.5) is 0 Å². The van der Waals surface area contributed by atoms with Gasteiger partial charge in [0.05, 0.1) is 11.2 Å². The van der Waals surface area contributed by atoms with Crippen LogP contribution in [0.5, 0.6) is 0 Å². The highest BCUT2D eigenvalue weighted by Crippen LogP contribution is 2.43. The first-order chi connectivity index (χ1) is 5.37. The summed E-state index contributed by atoms with van der Waals surface area (Å²) in [6, 6.07) is 3.95. The monoisotopic (exact) mass is 149 g/mol. The summed E-state index contributed by atoms with van der Waals surface area (Å²) in [5, 5.41) is 11.2. The smallest absolute Gasteiger partial charge is 0.0831 e. The predicted molar refractivity (Wildman–Crippen MR) is 42.0 cm³/mol. The lowest BCUT2D eigenvalue weighted by Gasteiger charge is -2.10. The van der Waals surface area contributed by atoms with E-state index in [1.54, 1.807) is 6.20 Å². The first kappa shape index (κ1) is 6.73. The minimum absolute atomic E-state index is 0.161. The first-order valence-corrected chi connectivity index (χ1v) is 3.84. The SMILES string of the molecule is CNC1(c2cccnn2)CC1. The molecule has 1 aromatic heterocycles. The van der Waals surface area contributed by atoms with Crippen molar-refractivity contribution in [2.75, 3.05) is 7.05 Å². The van der Waals surface area contributed by atoms with E-state index in [1.807, 2.05) is 19.2 Å². The van der Waals surface area contributed by atoms with Crippen molar-refractivity contribution in [2.45, 2.75) is 18.4 Å². The molecule has 0 aliphatic heterocycles. The molecule has 1 saturated carbocycles. The van der Waals surface area contributed by atoms with E-state index in [0.29, 0.717) is 0 Å². The molecule has 1 heterocycles. The number of hydrogen-bond donors (Lipinski definition) is 1. The Labute approximate surface area is 65.8 Å². The van der Waals surface area contributed by atoms with E-state index in [0.717, 1.165) is 5.69 Å². The molecule has 1 fully saturated rings. The molecule has 11 heavy (non-hydrogen) atoms. The summed E-state index contributed by atoms with van der Waals surface area (Å²) in [4.78, 5) is 0. The standard InChI is InChI=1S/C8H11N3/c1-9-8(4-5-8)7-3-2-6-10-11-7/h2-3,6,9H,4-5H2,1H3. The summed E-state index contributed by atoms with van der Waals surface area (Å²) >= 11 is 0. The number of rotatable bonds is 2. The van der Waals surface area contributed by atoms with E-state index in [4.69, 9.17) is 0 Å². The molecule has 0 spiro atoms. The highest BCUT2D eigenvalue weighted by atomic mass is 15.1. The first-order valence-electron chi connectivity index (χ1n) is 3.84. The second kappa shape index (κ2) is 2.27. The third-order valence-electron chi connectivity index (χ3n) is 2.29. The lowest BCUT2D eigenvalue weighted by Crippen LogP contribution is -2.25. The van der Waals surface area contributed by atoms with Crippen molar-refractivity contribution in [1.29, 1.82) is 0 Å². The largest absolute Gasteiger partial charge is 0.309 e. The maximum absolute atomic E-state index is 4.07. The van der Waals surface area contributed by atoms with Crippen LogP contribution in [0, 0.1) is 0 Å². The predicted octanol–water partition coefficient (Wildman–Crippen LogP) is 0.685. The van der Waals surface area contributed by atoms with Gasteiger partial charge in [0.15, 0.2) is 0 Å². The molecule has 1 N–H and O–H groups in total. The minimum Gasteiger partial charge on any atom is -0.309 e. The van der Waals surface area contributed by atoms with E-state index in [2.05, 4.69) is 15.5 Å². The molecule has 0 unspecified atom stereocenters. The van der Waals surface area contributed by atoms with Gasteiger partial charge in [-0.2, -0.15) is 10.2 Å². The quantitative estimate of drug-likeness (QED) is 0.672. The van der Waals surface area contributed by atoms with E-state index in [-0.39, 0.29) is 5.54 Å². The second-order valence-electron chi connectivity index (χ2n) is 2.94. The third kappa shape index (κ3) is 1.01. The Kier molecular flexibility index (Phi) is 1.39. The summed E-state index contributed by atoms with van der Waals surface area (Å²) in [6.07, 6.45) is 4.07. The minimum atomic E-state index is 0.161. The summed E-state index contributed by atoms with van der Waals surface area (Å²) < 4.78 is 0. The van der Waals surface area contributed by atoms with Crippen LogP contribution >= 0.6 is 0 Å². The average molecular weight is 149 g/mol. The van der Waals surface area contributed by atoms with Crippen LogP contribution in [0.15, 0.2) is 18.3 Å². The van der Waals surface area contributed by atoms with E-state index in [1.165, 1.54) is 12.8 Å². The topological polar surface area (TPSA) is 37.8 Å². The fourth-order valence-electron chi connectivity index (χ4n) is 1.32. The van der Waals surface area contributed by atoms with Crippen molar-refractivity contribution in [3.05, 3.63) is 24.0 Å². The Morgan fingerprint density at radius 1 is 1.55 bits per heavy atom. The summed E-state index contributed by atoms with van der Waals surface area (Å²) in [6.45, 7) is 0. The Morgan fingerprint density at radius 2 is 2.36 bits per heavy atom. The number of nitrogens with zero attached hydrogens (tertiary/aromatic N) is 2. The van der Waals surface area contributed by atoms with Gasteiger partial charge >= 0.3 is 0 Å². The molecular weight excluding hydrogens is 138 g/mol. The van der Waals surface area contributed by atoms with Gasteiger partial charge in [-0.05, 0) is 32.0 Å². The zero-order valence-corrected chi connectivity index (χ0v) is 6.54. The number of nitrogens with one attached hydrogen (secondary N) is 1. The lowest BCUT2D eigenvalue weighted by molar-refractivity contribution is 0.558. The van der Waals surface area contributed by atoms with Gasteiger partial charge in [0.1, 0.15) is 0 Å². The van der Waals surface area contributed by atoms with Crippen molar-refractivity contribution in [3.8, 4) is 0 Å². The molecule has 0 saturated heterocycles. The van der Waals surface area contributed by atoms with Gasteiger partial charge in [-0.3, -0.25) is 0 Å². The van der Waals surface area contributed by atoms with Gasteiger partial charge in [0.25, 0.3) is 0 Å². The molecule has 1 aliphatic rings. The van der Waals surface area contributed by atoms with Gasteiger partial charge in [0, 0.05) is 6.20 Å². The zero-order chi connectivity index (χ0) is 7.73. The van der Waals surface area contributed by atoms with Gasteiger partial charge in [-0.25, -0.2) is 0 Å². The number of aromatic nitrogens is 2. The fraction of sp³-hybridized carbons (Fsp3) is 0.500. The third-order valence-corrected chi connectivity index (χ3v) is 2.29. The van der Waals surface area contributed by atoms with Crippen molar-refractivity contribution in [3.63, 3.8) is 0 Å². The molecule has 3 heteroatoms. The van der Waals surface area contributed by atoms with E-state index >= 15 is 0 Å².